The Kier molecular flexibility index (Phi) is 4.55. The lowest BCUT2D eigenvalue weighted by molar-refractivity contribution is 0.630. The lowest BCUT2D eigenvalue weighted by Gasteiger charge is -2.13. The predicted octanol–water partition coefficient (Wildman–Crippen LogP) is 4.37. The molecule has 0 aliphatic heterocycles. The molecule has 1 N–H and O–H groups in total. The lowest BCUT2D eigenvalue weighted by Crippen LogP contribution is -2.08. The van der Waals surface area contributed by atoms with Crippen molar-refractivity contribution in [3.05, 3.63) is 40.4 Å². The van der Waals surface area contributed by atoms with Gasteiger partial charge in [0, 0.05) is 17.1 Å². The van der Waals surface area contributed by atoms with Crippen molar-refractivity contribution in [3.63, 3.8) is 0 Å². The van der Waals surface area contributed by atoms with E-state index in [0.717, 1.165) is 24.4 Å². The third kappa shape index (κ3) is 3.07. The average Bonchev–Trinajstić information content (AvgIpc) is 2.40. The molecule has 1 aromatic carbocycles. The van der Waals surface area contributed by atoms with Gasteiger partial charge in [-0.25, -0.2) is 14.4 Å². The highest BCUT2D eigenvalue weighted by Crippen LogP contribution is 2.29. The van der Waals surface area contributed by atoms with E-state index in [0.29, 0.717) is 22.1 Å². The number of hydrogen-bond donors (Lipinski definition) is 1. The maximum absolute atomic E-state index is 14.1. The molecule has 0 radical (unpaired) electrons. The van der Waals surface area contributed by atoms with Gasteiger partial charge in [0.1, 0.15) is 11.5 Å². The van der Waals surface area contributed by atoms with Crippen LogP contribution in [0.1, 0.15) is 24.7 Å². The van der Waals surface area contributed by atoms with E-state index in [1.807, 2.05) is 13.8 Å². The molecule has 1 aromatic heterocycles. The number of halogens is 2. The highest BCUT2D eigenvalue weighted by molar-refractivity contribution is 6.30. The van der Waals surface area contributed by atoms with Crippen molar-refractivity contribution in [1.29, 1.82) is 0 Å². The summed E-state index contributed by atoms with van der Waals surface area (Å²) in [5.41, 5.74) is 2.55. The van der Waals surface area contributed by atoms with Gasteiger partial charge in [-0.1, -0.05) is 18.5 Å². The highest BCUT2D eigenvalue weighted by atomic mass is 35.5. The van der Waals surface area contributed by atoms with Gasteiger partial charge >= 0.3 is 0 Å². The Hall–Kier alpha value is -1.68. The molecule has 0 fully saturated rings. The maximum atomic E-state index is 14.1. The average molecular weight is 294 g/mol. The zero-order valence-corrected chi connectivity index (χ0v) is 12.6. The zero-order valence-electron chi connectivity index (χ0n) is 11.8. The number of nitrogens with zero attached hydrogens (tertiary/aromatic N) is 2. The number of nitrogens with one attached hydrogen (secondary N) is 1. The molecule has 0 saturated carbocycles. The molecule has 0 aliphatic carbocycles. The maximum Gasteiger partial charge on any atom is 0.153 e. The minimum Gasteiger partial charge on any atom is -0.368 e. The zero-order chi connectivity index (χ0) is 14.7. The van der Waals surface area contributed by atoms with E-state index >= 15 is 0 Å². The molecule has 2 aromatic rings. The molecule has 0 unspecified atom stereocenters. The van der Waals surface area contributed by atoms with Crippen molar-refractivity contribution in [2.45, 2.75) is 27.2 Å². The van der Waals surface area contributed by atoms with Crippen LogP contribution in [0.2, 0.25) is 5.02 Å². The SMILES string of the molecule is CCCNc1nc(C)c(C)nc1-c1ccc(Cl)cc1F. The monoisotopic (exact) mass is 293 g/mol. The Balaban J connectivity index is 2.55. The molecule has 0 amide bonds. The fraction of sp³-hybridized carbons (Fsp3) is 0.333. The van der Waals surface area contributed by atoms with Gasteiger partial charge in [0.15, 0.2) is 5.82 Å². The quantitative estimate of drug-likeness (QED) is 0.909. The van der Waals surface area contributed by atoms with Gasteiger partial charge in [-0.15, -0.1) is 0 Å². The molecular weight excluding hydrogens is 277 g/mol. The molecule has 2 rings (SSSR count). The fourth-order valence-corrected chi connectivity index (χ4v) is 2.00. The molecule has 0 atom stereocenters. The van der Waals surface area contributed by atoms with Crippen molar-refractivity contribution in [2.24, 2.45) is 0 Å². The Labute approximate surface area is 123 Å². The number of benzene rings is 1. The van der Waals surface area contributed by atoms with E-state index in [2.05, 4.69) is 22.2 Å². The topological polar surface area (TPSA) is 37.8 Å². The minimum atomic E-state index is -0.394. The van der Waals surface area contributed by atoms with Crippen molar-refractivity contribution >= 4 is 17.4 Å². The van der Waals surface area contributed by atoms with E-state index in [4.69, 9.17) is 11.6 Å². The van der Waals surface area contributed by atoms with Crippen LogP contribution < -0.4 is 5.32 Å². The predicted molar refractivity (Wildman–Crippen MR) is 80.7 cm³/mol. The van der Waals surface area contributed by atoms with Gasteiger partial charge in [0.2, 0.25) is 0 Å². The van der Waals surface area contributed by atoms with E-state index in [1.54, 1.807) is 12.1 Å². The van der Waals surface area contributed by atoms with E-state index < -0.39 is 5.82 Å². The third-order valence-corrected chi connectivity index (χ3v) is 3.27. The Morgan fingerprint density at radius 2 is 1.90 bits per heavy atom. The molecule has 0 bridgehead atoms. The Morgan fingerprint density at radius 1 is 1.20 bits per heavy atom. The summed E-state index contributed by atoms with van der Waals surface area (Å²) in [6.07, 6.45) is 0.956. The van der Waals surface area contributed by atoms with E-state index in [-0.39, 0.29) is 0 Å². The van der Waals surface area contributed by atoms with Gasteiger partial charge in [0.05, 0.1) is 11.4 Å². The summed E-state index contributed by atoms with van der Waals surface area (Å²) in [5, 5.41) is 3.56. The summed E-state index contributed by atoms with van der Waals surface area (Å²) in [5.74, 6) is 0.214. The van der Waals surface area contributed by atoms with Crippen molar-refractivity contribution in [3.8, 4) is 11.3 Å². The summed E-state index contributed by atoms with van der Waals surface area (Å²) in [7, 11) is 0. The van der Waals surface area contributed by atoms with Crippen LogP contribution in [-0.4, -0.2) is 16.5 Å². The summed E-state index contributed by atoms with van der Waals surface area (Å²) in [6.45, 7) is 6.58. The van der Waals surface area contributed by atoms with Crippen LogP contribution in [0.15, 0.2) is 18.2 Å². The molecular formula is C15H17ClFN3. The second kappa shape index (κ2) is 6.18. The first kappa shape index (κ1) is 14.7. The third-order valence-electron chi connectivity index (χ3n) is 3.04. The van der Waals surface area contributed by atoms with Crippen molar-refractivity contribution < 1.29 is 4.39 Å². The van der Waals surface area contributed by atoms with Gasteiger partial charge in [0.25, 0.3) is 0 Å². The molecule has 0 aliphatic rings. The number of hydrogen-bond acceptors (Lipinski definition) is 3. The second-order valence-corrected chi connectivity index (χ2v) is 5.08. The standard InChI is InChI=1S/C15H17ClFN3/c1-4-7-18-15-14(19-9(2)10(3)20-15)12-6-5-11(16)8-13(12)17/h5-6,8H,4,7H2,1-3H3,(H,18,20). The molecule has 1 heterocycles. The van der Waals surface area contributed by atoms with Crippen molar-refractivity contribution in [2.75, 3.05) is 11.9 Å². The second-order valence-electron chi connectivity index (χ2n) is 4.64. The normalized spacial score (nSPS) is 10.7. The molecule has 0 saturated heterocycles. The number of rotatable bonds is 4. The molecule has 3 nitrogen and oxygen atoms in total. The van der Waals surface area contributed by atoms with Crippen LogP contribution in [0, 0.1) is 19.7 Å². The molecule has 0 spiro atoms. The fourth-order valence-electron chi connectivity index (χ4n) is 1.84. The largest absolute Gasteiger partial charge is 0.368 e. The summed E-state index contributed by atoms with van der Waals surface area (Å²) < 4.78 is 14.1. The molecule has 106 valence electrons. The highest BCUT2D eigenvalue weighted by Gasteiger charge is 2.15. The lowest BCUT2D eigenvalue weighted by atomic mass is 10.1. The van der Waals surface area contributed by atoms with E-state index in [1.165, 1.54) is 6.07 Å². The van der Waals surface area contributed by atoms with Crippen LogP contribution in [0.5, 0.6) is 0 Å². The van der Waals surface area contributed by atoms with Gasteiger partial charge < -0.3 is 5.32 Å². The molecule has 5 heteroatoms. The minimum absolute atomic E-state index is 0.367. The summed E-state index contributed by atoms with van der Waals surface area (Å²) in [4.78, 5) is 8.96. The summed E-state index contributed by atoms with van der Waals surface area (Å²) in [6, 6.07) is 4.57. The van der Waals surface area contributed by atoms with Crippen LogP contribution in [0.3, 0.4) is 0 Å². The number of anilines is 1. The summed E-state index contributed by atoms with van der Waals surface area (Å²) >= 11 is 5.79. The smallest absolute Gasteiger partial charge is 0.153 e. The Bertz CT molecular complexity index is 629. The van der Waals surface area contributed by atoms with Crippen LogP contribution in [-0.2, 0) is 0 Å². The number of aromatic nitrogens is 2. The van der Waals surface area contributed by atoms with E-state index in [9.17, 15) is 4.39 Å². The van der Waals surface area contributed by atoms with Gasteiger partial charge in [-0.3, -0.25) is 0 Å². The van der Waals surface area contributed by atoms with Crippen LogP contribution >= 0.6 is 11.6 Å². The van der Waals surface area contributed by atoms with Gasteiger partial charge in [-0.2, -0.15) is 0 Å². The first-order valence-corrected chi connectivity index (χ1v) is 6.95. The van der Waals surface area contributed by atoms with Crippen molar-refractivity contribution in [1.82, 2.24) is 9.97 Å². The Morgan fingerprint density at radius 3 is 2.55 bits per heavy atom. The number of aryl methyl sites for hydroxylation is 2. The van der Waals surface area contributed by atoms with Crippen LogP contribution in [0.25, 0.3) is 11.3 Å². The first-order valence-electron chi connectivity index (χ1n) is 6.57. The van der Waals surface area contributed by atoms with Crippen LogP contribution in [0.4, 0.5) is 10.2 Å². The first-order chi connectivity index (χ1) is 9.52. The van der Waals surface area contributed by atoms with Gasteiger partial charge in [-0.05, 0) is 38.5 Å². The molecule has 20 heavy (non-hydrogen) atoms.